The van der Waals surface area contributed by atoms with Crippen molar-refractivity contribution < 1.29 is 4.74 Å². The van der Waals surface area contributed by atoms with Gasteiger partial charge in [0.2, 0.25) is 5.88 Å². The van der Waals surface area contributed by atoms with Crippen LogP contribution < -0.4 is 4.74 Å². The first kappa shape index (κ1) is 6.55. The standard InChI is InChI=1S/C6H5BrNO/c1-9-6-4-2-3-5(7)8-6/h2-4H,1H2. The average molecular weight is 187 g/mol. The van der Waals surface area contributed by atoms with Crippen LogP contribution in [0.4, 0.5) is 0 Å². The van der Waals surface area contributed by atoms with Gasteiger partial charge in [0, 0.05) is 6.07 Å². The Morgan fingerprint density at radius 1 is 1.56 bits per heavy atom. The summed E-state index contributed by atoms with van der Waals surface area (Å²) in [6, 6.07) is 5.39. The van der Waals surface area contributed by atoms with E-state index in [1.165, 1.54) is 0 Å². The molecule has 0 amide bonds. The van der Waals surface area contributed by atoms with Crippen molar-refractivity contribution in [3.63, 3.8) is 0 Å². The van der Waals surface area contributed by atoms with Gasteiger partial charge in [-0.1, -0.05) is 6.07 Å². The minimum atomic E-state index is 0.518. The molecule has 3 heteroatoms. The van der Waals surface area contributed by atoms with E-state index in [2.05, 4.69) is 32.8 Å². The summed E-state index contributed by atoms with van der Waals surface area (Å²) < 4.78 is 5.36. The SMILES string of the molecule is [CH2]Oc1cccc(Br)n1. The largest absolute Gasteiger partial charge is 0.474 e. The number of halogens is 1. The third kappa shape index (κ3) is 1.68. The zero-order valence-electron chi connectivity index (χ0n) is 4.67. The summed E-state index contributed by atoms with van der Waals surface area (Å²) in [6.07, 6.45) is 0. The predicted molar refractivity (Wildman–Crippen MR) is 37.9 cm³/mol. The van der Waals surface area contributed by atoms with E-state index in [0.29, 0.717) is 5.88 Å². The number of pyridine rings is 1. The number of rotatable bonds is 1. The molecular weight excluding hydrogens is 182 g/mol. The summed E-state index contributed by atoms with van der Waals surface area (Å²) in [5.74, 6) is 0.518. The maximum Gasteiger partial charge on any atom is 0.214 e. The van der Waals surface area contributed by atoms with Crippen molar-refractivity contribution in [2.45, 2.75) is 0 Å². The van der Waals surface area contributed by atoms with E-state index in [1.54, 1.807) is 6.07 Å². The number of hydrogen-bond donors (Lipinski definition) is 0. The first-order valence-electron chi connectivity index (χ1n) is 2.37. The summed E-state index contributed by atoms with van der Waals surface area (Å²) >= 11 is 3.18. The Bertz CT molecular complexity index is 202. The van der Waals surface area contributed by atoms with Crippen LogP contribution in [0.2, 0.25) is 0 Å². The van der Waals surface area contributed by atoms with Crippen LogP contribution in [0.5, 0.6) is 5.88 Å². The van der Waals surface area contributed by atoms with Crippen LogP contribution in [0.1, 0.15) is 0 Å². The first-order valence-corrected chi connectivity index (χ1v) is 3.17. The van der Waals surface area contributed by atoms with Gasteiger partial charge >= 0.3 is 0 Å². The maximum atomic E-state index is 4.60. The fourth-order valence-electron chi connectivity index (χ4n) is 0.470. The highest BCUT2D eigenvalue weighted by Crippen LogP contribution is 2.10. The second-order valence-electron chi connectivity index (χ2n) is 1.44. The number of nitrogens with zero attached hydrogens (tertiary/aromatic N) is 1. The lowest BCUT2D eigenvalue weighted by Gasteiger charge is -1.95. The summed E-state index contributed by atoms with van der Waals surface area (Å²) in [7, 11) is 3.21. The lowest BCUT2D eigenvalue weighted by atomic mass is 10.5. The van der Waals surface area contributed by atoms with Gasteiger partial charge in [0.05, 0.1) is 0 Å². The highest BCUT2D eigenvalue weighted by Gasteiger charge is 1.90. The molecule has 1 heterocycles. The Hall–Kier alpha value is -0.570. The Balaban J connectivity index is 2.94. The number of ether oxygens (including phenoxy) is 1. The van der Waals surface area contributed by atoms with Crippen molar-refractivity contribution in [3.8, 4) is 5.88 Å². The van der Waals surface area contributed by atoms with Gasteiger partial charge in [0.1, 0.15) is 11.7 Å². The second-order valence-corrected chi connectivity index (χ2v) is 2.26. The van der Waals surface area contributed by atoms with Gasteiger partial charge in [-0.15, -0.1) is 0 Å². The lowest BCUT2D eigenvalue weighted by Crippen LogP contribution is -1.82. The molecule has 0 bridgehead atoms. The minimum absolute atomic E-state index is 0.518. The van der Waals surface area contributed by atoms with E-state index in [0.717, 1.165) is 4.60 Å². The highest BCUT2D eigenvalue weighted by atomic mass is 79.9. The van der Waals surface area contributed by atoms with Crippen LogP contribution in [0, 0.1) is 7.11 Å². The molecule has 1 radical (unpaired) electrons. The van der Waals surface area contributed by atoms with Crippen molar-refractivity contribution in [1.82, 2.24) is 4.98 Å². The molecule has 9 heavy (non-hydrogen) atoms. The Morgan fingerprint density at radius 3 is 2.78 bits per heavy atom. The molecule has 1 aromatic rings. The molecule has 0 spiro atoms. The van der Waals surface area contributed by atoms with Gasteiger partial charge in [-0.05, 0) is 22.0 Å². The lowest BCUT2D eigenvalue weighted by molar-refractivity contribution is 0.452. The molecule has 0 unspecified atom stereocenters. The van der Waals surface area contributed by atoms with E-state index in [-0.39, 0.29) is 0 Å². The van der Waals surface area contributed by atoms with Gasteiger partial charge in [0.25, 0.3) is 0 Å². The van der Waals surface area contributed by atoms with Crippen LogP contribution in [0.3, 0.4) is 0 Å². The monoisotopic (exact) mass is 186 g/mol. The summed E-state index contributed by atoms with van der Waals surface area (Å²) in [5, 5.41) is 0. The molecule has 2 nitrogen and oxygen atoms in total. The topological polar surface area (TPSA) is 22.1 Å². The molecular formula is C6H5BrNO. The van der Waals surface area contributed by atoms with E-state index < -0.39 is 0 Å². The normalized spacial score (nSPS) is 9.11. The smallest absolute Gasteiger partial charge is 0.214 e. The van der Waals surface area contributed by atoms with Crippen molar-refractivity contribution >= 4 is 15.9 Å². The molecule has 0 aromatic carbocycles. The molecule has 0 aliphatic rings. The predicted octanol–water partition coefficient (Wildman–Crippen LogP) is 2.01. The van der Waals surface area contributed by atoms with Crippen molar-refractivity contribution in [1.29, 1.82) is 0 Å². The van der Waals surface area contributed by atoms with Gasteiger partial charge in [-0.25, -0.2) is 4.98 Å². The van der Waals surface area contributed by atoms with Crippen LogP contribution in [0.25, 0.3) is 0 Å². The number of aromatic nitrogens is 1. The zero-order valence-corrected chi connectivity index (χ0v) is 6.26. The Kier molecular flexibility index (Phi) is 2.05. The fourth-order valence-corrected chi connectivity index (χ4v) is 0.797. The molecule has 0 aliphatic carbocycles. The summed E-state index contributed by atoms with van der Waals surface area (Å²) in [6.45, 7) is 0. The third-order valence-corrected chi connectivity index (χ3v) is 1.28. The molecule has 0 aliphatic heterocycles. The van der Waals surface area contributed by atoms with Crippen LogP contribution in [0.15, 0.2) is 22.8 Å². The molecule has 0 saturated heterocycles. The van der Waals surface area contributed by atoms with Crippen molar-refractivity contribution in [3.05, 3.63) is 29.9 Å². The van der Waals surface area contributed by atoms with Gasteiger partial charge in [0.15, 0.2) is 0 Å². The zero-order chi connectivity index (χ0) is 6.69. The molecule has 0 fully saturated rings. The average Bonchev–Trinajstić information content (AvgIpc) is 1.88. The van der Waals surface area contributed by atoms with Crippen LogP contribution in [-0.2, 0) is 0 Å². The first-order chi connectivity index (χ1) is 4.33. The van der Waals surface area contributed by atoms with E-state index in [4.69, 9.17) is 0 Å². The van der Waals surface area contributed by atoms with E-state index >= 15 is 0 Å². The summed E-state index contributed by atoms with van der Waals surface area (Å²) in [5.41, 5.74) is 0. The minimum Gasteiger partial charge on any atom is -0.474 e. The summed E-state index contributed by atoms with van der Waals surface area (Å²) in [4.78, 5) is 3.92. The Morgan fingerprint density at radius 2 is 2.33 bits per heavy atom. The van der Waals surface area contributed by atoms with Crippen LogP contribution >= 0.6 is 15.9 Å². The van der Waals surface area contributed by atoms with E-state index in [1.807, 2.05) is 12.1 Å². The Labute approximate surface area is 62.0 Å². The molecule has 0 atom stereocenters. The molecule has 1 aromatic heterocycles. The maximum absolute atomic E-state index is 4.60. The van der Waals surface area contributed by atoms with Gasteiger partial charge in [-0.3, -0.25) is 0 Å². The van der Waals surface area contributed by atoms with Crippen molar-refractivity contribution in [2.75, 3.05) is 0 Å². The van der Waals surface area contributed by atoms with Crippen molar-refractivity contribution in [2.24, 2.45) is 0 Å². The highest BCUT2D eigenvalue weighted by molar-refractivity contribution is 9.10. The third-order valence-electron chi connectivity index (χ3n) is 0.837. The van der Waals surface area contributed by atoms with Gasteiger partial charge < -0.3 is 4.74 Å². The molecule has 1 rings (SSSR count). The second kappa shape index (κ2) is 2.82. The molecule has 47 valence electrons. The molecule has 0 N–H and O–H groups in total. The van der Waals surface area contributed by atoms with Gasteiger partial charge in [-0.2, -0.15) is 0 Å². The fraction of sp³-hybridized carbons (Fsp3) is 0. The quantitative estimate of drug-likeness (QED) is 0.627. The van der Waals surface area contributed by atoms with Crippen LogP contribution in [-0.4, -0.2) is 4.98 Å². The van der Waals surface area contributed by atoms with E-state index in [9.17, 15) is 0 Å². The molecule has 0 saturated carbocycles. The number of hydrogen-bond acceptors (Lipinski definition) is 2.